The SMILES string of the molecule is O=C(NC1CCCc2c1cnn2Cc1ccccc1)C1CCc2n[nH]nc2C1. The summed E-state index contributed by atoms with van der Waals surface area (Å²) in [7, 11) is 0. The molecule has 28 heavy (non-hydrogen) atoms. The zero-order valence-electron chi connectivity index (χ0n) is 15.8. The van der Waals surface area contributed by atoms with Gasteiger partial charge in [-0.15, -0.1) is 0 Å². The fourth-order valence-corrected chi connectivity index (χ4v) is 4.46. The van der Waals surface area contributed by atoms with Gasteiger partial charge in [0.1, 0.15) is 0 Å². The first kappa shape index (κ1) is 17.2. The number of aromatic amines is 1. The molecule has 0 fully saturated rings. The van der Waals surface area contributed by atoms with Gasteiger partial charge >= 0.3 is 0 Å². The normalized spacial score (nSPS) is 21.0. The summed E-state index contributed by atoms with van der Waals surface area (Å²) >= 11 is 0. The first-order chi connectivity index (χ1) is 13.8. The molecule has 1 amide bonds. The van der Waals surface area contributed by atoms with Crippen molar-refractivity contribution in [3.05, 3.63) is 64.7 Å². The van der Waals surface area contributed by atoms with Gasteiger partial charge in [0, 0.05) is 23.6 Å². The Labute approximate surface area is 163 Å². The predicted molar refractivity (Wildman–Crippen MR) is 103 cm³/mol. The zero-order chi connectivity index (χ0) is 18.9. The molecule has 3 aromatic rings. The van der Waals surface area contributed by atoms with Crippen LogP contribution in [0.5, 0.6) is 0 Å². The van der Waals surface area contributed by atoms with E-state index in [1.165, 1.54) is 16.8 Å². The number of benzene rings is 1. The van der Waals surface area contributed by atoms with Crippen molar-refractivity contribution in [1.82, 2.24) is 30.5 Å². The van der Waals surface area contributed by atoms with Crippen molar-refractivity contribution in [3.8, 4) is 0 Å². The highest BCUT2D eigenvalue weighted by atomic mass is 16.1. The van der Waals surface area contributed by atoms with E-state index in [-0.39, 0.29) is 17.9 Å². The smallest absolute Gasteiger partial charge is 0.224 e. The molecule has 0 saturated heterocycles. The van der Waals surface area contributed by atoms with Crippen LogP contribution in [0.4, 0.5) is 0 Å². The average Bonchev–Trinajstić information content (AvgIpc) is 3.36. The number of aryl methyl sites for hydroxylation is 1. The number of carbonyl (C=O) groups is 1. The van der Waals surface area contributed by atoms with Gasteiger partial charge in [-0.2, -0.15) is 20.5 Å². The Balaban J connectivity index is 1.30. The van der Waals surface area contributed by atoms with Crippen LogP contribution in [0.25, 0.3) is 0 Å². The molecule has 2 atom stereocenters. The maximum Gasteiger partial charge on any atom is 0.224 e. The van der Waals surface area contributed by atoms with E-state index >= 15 is 0 Å². The third-order valence-corrected chi connectivity index (χ3v) is 6.00. The molecule has 2 N–H and O–H groups in total. The van der Waals surface area contributed by atoms with Gasteiger partial charge in [-0.1, -0.05) is 30.3 Å². The Hall–Kier alpha value is -2.96. The lowest BCUT2D eigenvalue weighted by molar-refractivity contribution is -0.126. The number of aromatic nitrogens is 5. The molecule has 0 radical (unpaired) electrons. The molecule has 0 aliphatic heterocycles. The Morgan fingerprint density at radius 2 is 2.00 bits per heavy atom. The van der Waals surface area contributed by atoms with Crippen molar-refractivity contribution in [2.24, 2.45) is 5.92 Å². The minimum atomic E-state index is -0.0256. The molecule has 0 spiro atoms. The molecule has 0 bridgehead atoms. The number of hydrogen-bond donors (Lipinski definition) is 2. The van der Waals surface area contributed by atoms with Crippen LogP contribution in [0.15, 0.2) is 36.5 Å². The van der Waals surface area contributed by atoms with E-state index in [0.29, 0.717) is 6.42 Å². The molecule has 7 nitrogen and oxygen atoms in total. The van der Waals surface area contributed by atoms with E-state index in [1.807, 2.05) is 12.3 Å². The molecule has 1 aromatic carbocycles. The highest BCUT2D eigenvalue weighted by molar-refractivity contribution is 5.79. The van der Waals surface area contributed by atoms with Crippen molar-refractivity contribution in [2.45, 2.75) is 51.1 Å². The Kier molecular flexibility index (Phi) is 4.43. The quantitative estimate of drug-likeness (QED) is 0.732. The van der Waals surface area contributed by atoms with Crippen LogP contribution in [0.1, 0.15) is 53.5 Å². The molecule has 2 aliphatic rings. The largest absolute Gasteiger partial charge is 0.349 e. The molecule has 144 valence electrons. The van der Waals surface area contributed by atoms with Crippen LogP contribution < -0.4 is 5.32 Å². The number of nitrogens with zero attached hydrogens (tertiary/aromatic N) is 4. The number of rotatable bonds is 4. The van der Waals surface area contributed by atoms with Gasteiger partial charge < -0.3 is 5.32 Å². The minimum absolute atomic E-state index is 0.0256. The average molecular weight is 376 g/mol. The summed E-state index contributed by atoms with van der Waals surface area (Å²) in [6.45, 7) is 0.772. The summed E-state index contributed by atoms with van der Waals surface area (Å²) in [6, 6.07) is 10.4. The van der Waals surface area contributed by atoms with Crippen molar-refractivity contribution in [1.29, 1.82) is 0 Å². The lowest BCUT2D eigenvalue weighted by Gasteiger charge is -2.27. The molecule has 2 aliphatic carbocycles. The van der Waals surface area contributed by atoms with Crippen LogP contribution in [0.2, 0.25) is 0 Å². The second kappa shape index (κ2) is 7.22. The summed E-state index contributed by atoms with van der Waals surface area (Å²) in [5.74, 6) is 0.102. The molecule has 7 heteroatoms. The molecule has 2 unspecified atom stereocenters. The van der Waals surface area contributed by atoms with Crippen LogP contribution in [0, 0.1) is 5.92 Å². The number of hydrogen-bond acceptors (Lipinski definition) is 4. The fourth-order valence-electron chi connectivity index (χ4n) is 4.46. The van der Waals surface area contributed by atoms with Crippen molar-refractivity contribution in [2.75, 3.05) is 0 Å². The number of amides is 1. The van der Waals surface area contributed by atoms with Gasteiger partial charge in [0.15, 0.2) is 0 Å². The lowest BCUT2D eigenvalue weighted by Crippen LogP contribution is -2.37. The first-order valence-corrected chi connectivity index (χ1v) is 10.1. The second-order valence-corrected chi connectivity index (χ2v) is 7.80. The Morgan fingerprint density at radius 3 is 2.89 bits per heavy atom. The zero-order valence-corrected chi connectivity index (χ0v) is 15.8. The number of nitrogens with one attached hydrogen (secondary N) is 2. The van der Waals surface area contributed by atoms with E-state index in [9.17, 15) is 4.79 Å². The molecular weight excluding hydrogens is 352 g/mol. The topological polar surface area (TPSA) is 88.5 Å². The summed E-state index contributed by atoms with van der Waals surface area (Å²) < 4.78 is 2.09. The highest BCUT2D eigenvalue weighted by Crippen LogP contribution is 2.31. The van der Waals surface area contributed by atoms with E-state index in [2.05, 4.69) is 54.8 Å². The van der Waals surface area contributed by atoms with E-state index in [1.54, 1.807) is 0 Å². The molecule has 2 heterocycles. The molecule has 0 saturated carbocycles. The monoisotopic (exact) mass is 376 g/mol. The number of carbonyl (C=O) groups excluding carboxylic acids is 1. The van der Waals surface area contributed by atoms with Crippen molar-refractivity contribution >= 4 is 5.91 Å². The van der Waals surface area contributed by atoms with E-state index < -0.39 is 0 Å². The maximum absolute atomic E-state index is 12.9. The summed E-state index contributed by atoms with van der Waals surface area (Å²) in [4.78, 5) is 12.9. The van der Waals surface area contributed by atoms with Gasteiger partial charge in [-0.3, -0.25) is 9.48 Å². The van der Waals surface area contributed by atoms with Crippen molar-refractivity contribution < 1.29 is 4.79 Å². The molecule has 2 aromatic heterocycles. The van der Waals surface area contributed by atoms with Gasteiger partial charge in [-0.25, -0.2) is 0 Å². The second-order valence-electron chi connectivity index (χ2n) is 7.80. The van der Waals surface area contributed by atoms with Crippen LogP contribution in [-0.2, 0) is 30.6 Å². The van der Waals surface area contributed by atoms with Gasteiger partial charge in [-0.05, 0) is 37.7 Å². The minimum Gasteiger partial charge on any atom is -0.349 e. The molecular formula is C21H24N6O. The predicted octanol–water partition coefficient (Wildman–Crippen LogP) is 2.35. The third-order valence-electron chi connectivity index (χ3n) is 6.00. The van der Waals surface area contributed by atoms with Gasteiger partial charge in [0.05, 0.1) is 30.2 Å². The van der Waals surface area contributed by atoms with Gasteiger partial charge in [0.25, 0.3) is 0 Å². The lowest BCUT2D eigenvalue weighted by atomic mass is 9.87. The fraction of sp³-hybridized carbons (Fsp3) is 0.429. The number of H-pyrrole nitrogens is 1. The summed E-state index contributed by atoms with van der Waals surface area (Å²) in [5.41, 5.74) is 5.61. The summed E-state index contributed by atoms with van der Waals surface area (Å²) in [6.07, 6.45) is 7.31. The van der Waals surface area contributed by atoms with E-state index in [4.69, 9.17) is 0 Å². The summed E-state index contributed by atoms with van der Waals surface area (Å²) in [5, 5.41) is 18.9. The number of fused-ring (bicyclic) bond motifs is 2. The van der Waals surface area contributed by atoms with Gasteiger partial charge in [0.2, 0.25) is 5.91 Å². The standard InChI is InChI=1S/C21H24N6O/c28-21(15-9-10-18-19(11-15)25-26-24-18)23-17-7-4-8-20-16(17)12-22-27(20)13-14-5-2-1-3-6-14/h1-3,5-6,12,15,17H,4,7-11,13H2,(H,23,28)(H,24,25,26). The molecule has 5 rings (SSSR count). The van der Waals surface area contributed by atoms with Crippen molar-refractivity contribution in [3.63, 3.8) is 0 Å². The first-order valence-electron chi connectivity index (χ1n) is 10.1. The Bertz CT molecular complexity index is 976. The third kappa shape index (κ3) is 3.21. The van der Waals surface area contributed by atoms with Crippen LogP contribution in [0.3, 0.4) is 0 Å². The van der Waals surface area contributed by atoms with Crippen LogP contribution in [-0.4, -0.2) is 31.1 Å². The Morgan fingerprint density at radius 1 is 1.14 bits per heavy atom. The maximum atomic E-state index is 12.9. The van der Waals surface area contributed by atoms with E-state index in [0.717, 1.165) is 50.0 Å². The van der Waals surface area contributed by atoms with Crippen LogP contribution >= 0.6 is 0 Å². The highest BCUT2D eigenvalue weighted by Gasteiger charge is 2.31.